The maximum absolute atomic E-state index is 2.19. The molecule has 0 spiro atoms. The van der Waals surface area contributed by atoms with Gasteiger partial charge in [0.05, 0.1) is 0 Å². The van der Waals surface area contributed by atoms with E-state index in [2.05, 4.69) is 39.0 Å². The molecule has 0 fully saturated rings. The van der Waals surface area contributed by atoms with E-state index in [0.717, 1.165) is 0 Å². The molecule has 0 aromatic heterocycles. The Morgan fingerprint density at radius 1 is 0.700 bits per heavy atom. The van der Waals surface area contributed by atoms with Crippen LogP contribution in [0.15, 0.2) is 18.2 Å². The van der Waals surface area contributed by atoms with Crippen molar-refractivity contribution in [3.05, 3.63) is 34.9 Å². The van der Waals surface area contributed by atoms with Crippen molar-refractivity contribution < 1.29 is 32.7 Å². The fraction of sp³-hybridized carbons (Fsp3) is 0.333. The van der Waals surface area contributed by atoms with Gasteiger partial charge >= 0.3 is 0 Å². The van der Waals surface area contributed by atoms with Crippen LogP contribution < -0.4 is 0 Å². The maximum Gasteiger partial charge on any atom is 0 e. The van der Waals surface area contributed by atoms with E-state index >= 15 is 0 Å². The monoisotopic (exact) mass is 209 g/mol. The SMILES string of the molecule is Cc1cc(C)cc(C)c1.[Y]. The Bertz CT molecular complexity index is 165. The summed E-state index contributed by atoms with van der Waals surface area (Å²) in [5.41, 5.74) is 4.06. The molecule has 51 valence electrons. The van der Waals surface area contributed by atoms with Gasteiger partial charge in [-0.3, -0.25) is 0 Å². The average Bonchev–Trinajstić information content (AvgIpc) is 1.59. The predicted octanol–water partition coefficient (Wildman–Crippen LogP) is 2.61. The first kappa shape index (κ1) is 10.3. The number of benzene rings is 1. The molecule has 1 radical (unpaired) electrons. The van der Waals surface area contributed by atoms with Crippen LogP contribution in [0.4, 0.5) is 0 Å². The second kappa shape index (κ2) is 4.25. The number of hydrogen-bond acceptors (Lipinski definition) is 0. The van der Waals surface area contributed by atoms with Crippen LogP contribution in [0.25, 0.3) is 0 Å². The third-order valence-electron chi connectivity index (χ3n) is 1.37. The number of rotatable bonds is 0. The minimum Gasteiger partial charge on any atom is -0.0564 e. The van der Waals surface area contributed by atoms with Crippen molar-refractivity contribution in [1.82, 2.24) is 0 Å². The van der Waals surface area contributed by atoms with Gasteiger partial charge in [-0.05, 0) is 20.8 Å². The Balaban J connectivity index is 0.000000810. The van der Waals surface area contributed by atoms with Crippen LogP contribution >= 0.6 is 0 Å². The van der Waals surface area contributed by atoms with Gasteiger partial charge in [-0.2, -0.15) is 0 Å². The third kappa shape index (κ3) is 2.94. The molecule has 0 N–H and O–H groups in total. The molecule has 0 saturated carbocycles. The van der Waals surface area contributed by atoms with Gasteiger partial charge in [0.15, 0.2) is 0 Å². The Kier molecular flexibility index (Phi) is 4.39. The van der Waals surface area contributed by atoms with E-state index < -0.39 is 0 Å². The largest absolute Gasteiger partial charge is 0.0564 e. The average molecular weight is 209 g/mol. The van der Waals surface area contributed by atoms with Crippen molar-refractivity contribution in [3.8, 4) is 0 Å². The molecule has 0 unspecified atom stereocenters. The second-order valence-corrected chi connectivity index (χ2v) is 2.67. The van der Waals surface area contributed by atoms with Crippen LogP contribution in [0.3, 0.4) is 0 Å². The fourth-order valence-corrected chi connectivity index (χ4v) is 1.20. The molecule has 0 bridgehead atoms. The topological polar surface area (TPSA) is 0 Å². The van der Waals surface area contributed by atoms with Gasteiger partial charge in [0.1, 0.15) is 0 Å². The molecular formula is C9H12Y. The Labute approximate surface area is 87.9 Å². The van der Waals surface area contributed by atoms with Gasteiger partial charge in [0.2, 0.25) is 0 Å². The quantitative estimate of drug-likeness (QED) is 0.616. The zero-order valence-electron chi connectivity index (χ0n) is 6.81. The Hall–Kier alpha value is 0.324. The summed E-state index contributed by atoms with van der Waals surface area (Å²) in [4.78, 5) is 0. The minimum atomic E-state index is 0. The Morgan fingerprint density at radius 2 is 0.900 bits per heavy atom. The van der Waals surface area contributed by atoms with Gasteiger partial charge in [0.25, 0.3) is 0 Å². The van der Waals surface area contributed by atoms with Gasteiger partial charge in [-0.25, -0.2) is 0 Å². The van der Waals surface area contributed by atoms with Gasteiger partial charge in [-0.1, -0.05) is 34.9 Å². The summed E-state index contributed by atoms with van der Waals surface area (Å²) in [6, 6.07) is 6.56. The number of hydrogen-bond donors (Lipinski definition) is 0. The van der Waals surface area contributed by atoms with Crippen LogP contribution in [0.2, 0.25) is 0 Å². The molecule has 0 aliphatic heterocycles. The van der Waals surface area contributed by atoms with Crippen LogP contribution in [-0.4, -0.2) is 0 Å². The minimum absolute atomic E-state index is 0. The summed E-state index contributed by atoms with van der Waals surface area (Å²) < 4.78 is 0. The second-order valence-electron chi connectivity index (χ2n) is 2.67. The van der Waals surface area contributed by atoms with Crippen molar-refractivity contribution in [3.63, 3.8) is 0 Å². The molecular weight excluding hydrogens is 197 g/mol. The summed E-state index contributed by atoms with van der Waals surface area (Å²) >= 11 is 0. The van der Waals surface area contributed by atoms with Crippen LogP contribution in [0, 0.1) is 20.8 Å². The van der Waals surface area contributed by atoms with Crippen molar-refractivity contribution in [1.29, 1.82) is 0 Å². The fourth-order valence-electron chi connectivity index (χ4n) is 1.20. The molecule has 0 atom stereocenters. The van der Waals surface area contributed by atoms with Gasteiger partial charge in [-0.15, -0.1) is 0 Å². The van der Waals surface area contributed by atoms with E-state index in [-0.39, 0.29) is 32.7 Å². The van der Waals surface area contributed by atoms with Crippen LogP contribution in [0.5, 0.6) is 0 Å². The summed E-state index contributed by atoms with van der Waals surface area (Å²) in [5.74, 6) is 0. The van der Waals surface area contributed by atoms with Gasteiger partial charge in [0, 0.05) is 32.7 Å². The third-order valence-corrected chi connectivity index (χ3v) is 1.37. The van der Waals surface area contributed by atoms with Gasteiger partial charge < -0.3 is 0 Å². The smallest absolute Gasteiger partial charge is 0 e. The molecule has 10 heavy (non-hydrogen) atoms. The molecule has 0 heterocycles. The van der Waals surface area contributed by atoms with E-state index in [1.165, 1.54) is 16.7 Å². The molecule has 1 rings (SSSR count). The normalized spacial score (nSPS) is 8.70. The molecule has 0 saturated heterocycles. The van der Waals surface area contributed by atoms with Crippen molar-refractivity contribution >= 4 is 0 Å². The standard InChI is InChI=1S/C9H12.Y/c1-7-4-8(2)6-9(3)5-7;/h4-6H,1-3H3;. The molecule has 0 aliphatic rings. The number of aryl methyl sites for hydroxylation is 3. The molecule has 0 aliphatic carbocycles. The predicted molar refractivity (Wildman–Crippen MR) is 40.7 cm³/mol. The van der Waals surface area contributed by atoms with Crippen molar-refractivity contribution in [2.75, 3.05) is 0 Å². The van der Waals surface area contributed by atoms with E-state index in [0.29, 0.717) is 0 Å². The molecule has 0 nitrogen and oxygen atoms in total. The summed E-state index contributed by atoms with van der Waals surface area (Å²) in [7, 11) is 0. The summed E-state index contributed by atoms with van der Waals surface area (Å²) in [6.45, 7) is 6.38. The van der Waals surface area contributed by atoms with E-state index in [1.54, 1.807) is 0 Å². The van der Waals surface area contributed by atoms with E-state index in [1.807, 2.05) is 0 Å². The molecule has 1 aromatic rings. The summed E-state index contributed by atoms with van der Waals surface area (Å²) in [5, 5.41) is 0. The zero-order chi connectivity index (χ0) is 6.85. The molecule has 1 heteroatoms. The first-order chi connectivity index (χ1) is 4.18. The summed E-state index contributed by atoms with van der Waals surface area (Å²) in [6.07, 6.45) is 0. The zero-order valence-corrected chi connectivity index (χ0v) is 9.65. The first-order valence-electron chi connectivity index (χ1n) is 3.23. The maximum atomic E-state index is 2.19. The molecule has 1 aromatic carbocycles. The Morgan fingerprint density at radius 3 is 1.10 bits per heavy atom. The van der Waals surface area contributed by atoms with Crippen LogP contribution in [0.1, 0.15) is 16.7 Å². The van der Waals surface area contributed by atoms with Crippen molar-refractivity contribution in [2.45, 2.75) is 20.8 Å². The van der Waals surface area contributed by atoms with Crippen LogP contribution in [-0.2, 0) is 32.7 Å². The van der Waals surface area contributed by atoms with E-state index in [9.17, 15) is 0 Å². The van der Waals surface area contributed by atoms with Crippen molar-refractivity contribution in [2.24, 2.45) is 0 Å². The first-order valence-corrected chi connectivity index (χ1v) is 3.23. The molecule has 0 amide bonds. The van der Waals surface area contributed by atoms with E-state index in [4.69, 9.17) is 0 Å².